The minimum absolute atomic E-state index is 0.195. The van der Waals surface area contributed by atoms with Gasteiger partial charge in [0.25, 0.3) is 5.91 Å². The Morgan fingerprint density at radius 2 is 1.91 bits per heavy atom. The minimum Gasteiger partial charge on any atom is -0.493 e. The van der Waals surface area contributed by atoms with E-state index in [1.54, 1.807) is 36.4 Å². The molecule has 7 nitrogen and oxygen atoms in total. The van der Waals surface area contributed by atoms with Crippen molar-refractivity contribution in [2.45, 2.75) is 32.9 Å². The van der Waals surface area contributed by atoms with Crippen molar-refractivity contribution in [3.05, 3.63) is 101 Å². The topological polar surface area (TPSA) is 78.3 Å². The van der Waals surface area contributed by atoms with E-state index in [9.17, 15) is 4.79 Å². The third kappa shape index (κ3) is 5.63. The SMILES string of the molecule is CCc1c(C(=O)NC(C)c2ccc(OCc3ccncc3)c(OC)c2)cnn1-c1cccc(Cl)c1. The van der Waals surface area contributed by atoms with E-state index in [2.05, 4.69) is 15.4 Å². The molecule has 0 spiro atoms. The molecule has 4 aromatic rings. The van der Waals surface area contributed by atoms with Gasteiger partial charge in [-0.2, -0.15) is 5.10 Å². The van der Waals surface area contributed by atoms with E-state index in [0.717, 1.165) is 22.5 Å². The highest BCUT2D eigenvalue weighted by atomic mass is 35.5. The number of hydrogen-bond acceptors (Lipinski definition) is 5. The highest BCUT2D eigenvalue weighted by Gasteiger charge is 2.20. The largest absolute Gasteiger partial charge is 0.493 e. The van der Waals surface area contributed by atoms with E-state index in [4.69, 9.17) is 21.1 Å². The van der Waals surface area contributed by atoms with Gasteiger partial charge >= 0.3 is 0 Å². The maximum absolute atomic E-state index is 13.1. The van der Waals surface area contributed by atoms with Crippen LogP contribution < -0.4 is 14.8 Å². The summed E-state index contributed by atoms with van der Waals surface area (Å²) < 4.78 is 13.2. The highest BCUT2D eigenvalue weighted by molar-refractivity contribution is 6.30. The molecule has 0 aliphatic heterocycles. The first kappa shape index (κ1) is 24.3. The van der Waals surface area contributed by atoms with Crippen molar-refractivity contribution < 1.29 is 14.3 Å². The number of carbonyl (C=O) groups is 1. The molecule has 1 amide bonds. The number of benzene rings is 2. The van der Waals surface area contributed by atoms with Crippen LogP contribution in [0.1, 0.15) is 47.1 Å². The first-order chi connectivity index (χ1) is 17.0. The van der Waals surface area contributed by atoms with Gasteiger partial charge in [-0.15, -0.1) is 0 Å². The van der Waals surface area contributed by atoms with E-state index in [-0.39, 0.29) is 11.9 Å². The standard InChI is InChI=1S/C27H27ClN4O3/c1-4-24-23(16-30-32(24)22-7-5-6-21(28)15-22)27(33)31-18(2)20-8-9-25(26(14-20)34-3)35-17-19-10-12-29-13-11-19/h5-16,18H,4,17H2,1-3H3,(H,31,33). The predicted octanol–water partition coefficient (Wildman–Crippen LogP) is 5.56. The summed E-state index contributed by atoms with van der Waals surface area (Å²) in [5.41, 5.74) is 4.06. The zero-order valence-electron chi connectivity index (χ0n) is 19.9. The van der Waals surface area contributed by atoms with Gasteiger partial charge in [-0.1, -0.05) is 30.7 Å². The van der Waals surface area contributed by atoms with E-state index < -0.39 is 0 Å². The van der Waals surface area contributed by atoms with Crippen LogP contribution in [0.2, 0.25) is 5.02 Å². The van der Waals surface area contributed by atoms with Crippen LogP contribution in [-0.2, 0) is 13.0 Å². The Labute approximate surface area is 209 Å². The molecule has 0 aliphatic carbocycles. The number of methoxy groups -OCH3 is 1. The number of hydrogen-bond donors (Lipinski definition) is 1. The summed E-state index contributed by atoms with van der Waals surface area (Å²) in [5, 5.41) is 8.12. The molecule has 0 bridgehead atoms. The van der Waals surface area contributed by atoms with Crippen LogP contribution in [0.4, 0.5) is 0 Å². The normalized spacial score (nSPS) is 11.7. The lowest BCUT2D eigenvalue weighted by molar-refractivity contribution is 0.0939. The summed E-state index contributed by atoms with van der Waals surface area (Å²) in [5.74, 6) is 1.03. The fraction of sp³-hybridized carbons (Fsp3) is 0.222. The fourth-order valence-corrected chi connectivity index (χ4v) is 3.99. The van der Waals surface area contributed by atoms with E-state index >= 15 is 0 Å². The van der Waals surface area contributed by atoms with Crippen LogP contribution in [0.15, 0.2) is 73.2 Å². The Kier molecular flexibility index (Phi) is 7.67. The molecule has 0 saturated carbocycles. The van der Waals surface area contributed by atoms with Gasteiger partial charge in [0.05, 0.1) is 36.3 Å². The molecule has 0 fully saturated rings. The van der Waals surface area contributed by atoms with Gasteiger partial charge in [-0.25, -0.2) is 4.68 Å². The highest BCUT2D eigenvalue weighted by Crippen LogP contribution is 2.31. The summed E-state index contributed by atoms with van der Waals surface area (Å²) in [6, 6.07) is 16.6. The van der Waals surface area contributed by atoms with Crippen LogP contribution in [0.3, 0.4) is 0 Å². The third-order valence-electron chi connectivity index (χ3n) is 5.68. The molecule has 0 aliphatic rings. The number of ether oxygens (including phenoxy) is 2. The number of amides is 1. The maximum atomic E-state index is 13.1. The summed E-state index contributed by atoms with van der Waals surface area (Å²) in [7, 11) is 1.60. The lowest BCUT2D eigenvalue weighted by Gasteiger charge is -2.17. The van der Waals surface area contributed by atoms with Gasteiger partial charge in [-0.3, -0.25) is 9.78 Å². The number of aromatic nitrogens is 3. The molecule has 35 heavy (non-hydrogen) atoms. The smallest absolute Gasteiger partial charge is 0.255 e. The Morgan fingerprint density at radius 3 is 2.63 bits per heavy atom. The molecule has 8 heteroatoms. The number of halogens is 1. The van der Waals surface area contributed by atoms with Crippen LogP contribution in [0.25, 0.3) is 5.69 Å². The van der Waals surface area contributed by atoms with Crippen LogP contribution in [0.5, 0.6) is 11.5 Å². The van der Waals surface area contributed by atoms with Crippen molar-refractivity contribution in [2.24, 2.45) is 0 Å². The minimum atomic E-state index is -0.259. The second kappa shape index (κ2) is 11.1. The zero-order valence-corrected chi connectivity index (χ0v) is 20.6. The van der Waals surface area contributed by atoms with Crippen LogP contribution >= 0.6 is 11.6 Å². The molecule has 1 unspecified atom stereocenters. The fourth-order valence-electron chi connectivity index (χ4n) is 3.80. The average molecular weight is 491 g/mol. The van der Waals surface area contributed by atoms with Gasteiger partial charge in [0.1, 0.15) is 6.61 Å². The van der Waals surface area contributed by atoms with E-state index in [1.807, 2.05) is 62.4 Å². The predicted molar refractivity (Wildman–Crippen MR) is 135 cm³/mol. The Bertz CT molecular complexity index is 1310. The summed E-state index contributed by atoms with van der Waals surface area (Å²) in [6.07, 6.45) is 5.69. The van der Waals surface area contributed by atoms with Gasteiger partial charge in [0, 0.05) is 17.4 Å². The number of rotatable bonds is 9. The van der Waals surface area contributed by atoms with Crippen molar-refractivity contribution in [3.63, 3.8) is 0 Å². The molecular weight excluding hydrogens is 464 g/mol. The number of nitrogens with zero attached hydrogens (tertiary/aromatic N) is 3. The molecule has 180 valence electrons. The second-order valence-electron chi connectivity index (χ2n) is 8.00. The molecule has 2 heterocycles. The molecule has 2 aromatic heterocycles. The first-order valence-corrected chi connectivity index (χ1v) is 11.7. The lowest BCUT2D eigenvalue weighted by atomic mass is 10.1. The van der Waals surface area contributed by atoms with Crippen molar-refractivity contribution in [1.82, 2.24) is 20.1 Å². The summed E-state index contributed by atoms with van der Waals surface area (Å²) in [4.78, 5) is 17.2. The van der Waals surface area contributed by atoms with Crippen molar-refractivity contribution in [1.29, 1.82) is 0 Å². The molecule has 0 radical (unpaired) electrons. The lowest BCUT2D eigenvalue weighted by Crippen LogP contribution is -2.27. The number of nitrogens with one attached hydrogen (secondary N) is 1. The van der Waals surface area contributed by atoms with Gasteiger partial charge in [-0.05, 0) is 66.9 Å². The average Bonchev–Trinajstić information content (AvgIpc) is 3.32. The second-order valence-corrected chi connectivity index (χ2v) is 8.44. The first-order valence-electron chi connectivity index (χ1n) is 11.3. The quantitative estimate of drug-likeness (QED) is 0.332. The molecule has 1 N–H and O–H groups in total. The third-order valence-corrected chi connectivity index (χ3v) is 5.92. The molecule has 2 aromatic carbocycles. The van der Waals surface area contributed by atoms with Crippen molar-refractivity contribution in [3.8, 4) is 17.2 Å². The van der Waals surface area contributed by atoms with Crippen molar-refractivity contribution >= 4 is 17.5 Å². The Hall–Kier alpha value is -3.84. The number of pyridine rings is 1. The summed E-state index contributed by atoms with van der Waals surface area (Å²) in [6.45, 7) is 4.33. The Balaban J connectivity index is 1.48. The zero-order chi connectivity index (χ0) is 24.8. The molecular formula is C27H27ClN4O3. The summed E-state index contributed by atoms with van der Waals surface area (Å²) >= 11 is 6.14. The van der Waals surface area contributed by atoms with E-state index in [0.29, 0.717) is 35.1 Å². The van der Waals surface area contributed by atoms with Crippen molar-refractivity contribution in [2.75, 3.05) is 7.11 Å². The number of carbonyl (C=O) groups excluding carboxylic acids is 1. The molecule has 0 saturated heterocycles. The monoisotopic (exact) mass is 490 g/mol. The Morgan fingerprint density at radius 1 is 1.11 bits per heavy atom. The maximum Gasteiger partial charge on any atom is 0.255 e. The van der Waals surface area contributed by atoms with E-state index in [1.165, 1.54) is 0 Å². The molecule has 4 rings (SSSR count). The van der Waals surface area contributed by atoms with Crippen LogP contribution in [-0.4, -0.2) is 27.8 Å². The van der Waals surface area contributed by atoms with Gasteiger partial charge in [0.15, 0.2) is 11.5 Å². The van der Waals surface area contributed by atoms with Gasteiger partial charge < -0.3 is 14.8 Å². The van der Waals surface area contributed by atoms with Crippen LogP contribution in [0, 0.1) is 0 Å². The van der Waals surface area contributed by atoms with Gasteiger partial charge in [0.2, 0.25) is 0 Å². The molecule has 1 atom stereocenters.